The molecule has 0 fully saturated rings. The number of hydrogen-bond donors (Lipinski definition) is 1. The van der Waals surface area contributed by atoms with Gasteiger partial charge < -0.3 is 10.3 Å². The van der Waals surface area contributed by atoms with Gasteiger partial charge in [-0.3, -0.25) is 4.68 Å². The van der Waals surface area contributed by atoms with E-state index in [9.17, 15) is 0 Å². The second-order valence-corrected chi connectivity index (χ2v) is 5.39. The molecule has 0 unspecified atom stereocenters. The molecule has 0 amide bonds. The quantitative estimate of drug-likeness (QED) is 0.900. The van der Waals surface area contributed by atoms with Crippen LogP contribution in [0.5, 0.6) is 0 Å². The van der Waals surface area contributed by atoms with Gasteiger partial charge >= 0.3 is 0 Å². The van der Waals surface area contributed by atoms with Crippen molar-refractivity contribution < 1.29 is 0 Å². The number of rotatable bonds is 5. The van der Waals surface area contributed by atoms with Crippen LogP contribution in [0.3, 0.4) is 0 Å². The van der Waals surface area contributed by atoms with Crippen LogP contribution in [0.15, 0.2) is 12.4 Å². The van der Waals surface area contributed by atoms with Gasteiger partial charge in [0.1, 0.15) is 17.3 Å². The Morgan fingerprint density at radius 2 is 2.11 bits per heavy atom. The van der Waals surface area contributed by atoms with Crippen molar-refractivity contribution in [3.05, 3.63) is 18.2 Å². The van der Waals surface area contributed by atoms with Gasteiger partial charge in [0.15, 0.2) is 0 Å². The number of nitrogens with zero attached hydrogens (tertiary/aromatic N) is 4. The van der Waals surface area contributed by atoms with Crippen LogP contribution >= 0.6 is 0 Å². The Morgan fingerprint density at radius 1 is 1.37 bits per heavy atom. The lowest BCUT2D eigenvalue weighted by atomic mass is 10.2. The van der Waals surface area contributed by atoms with Crippen molar-refractivity contribution in [3.63, 3.8) is 0 Å². The SMILES string of the molecule is CCCn1cc(-c2nc(C)n(CC(C)C)c2N)cn1. The summed E-state index contributed by atoms with van der Waals surface area (Å²) >= 11 is 0. The molecule has 0 spiro atoms. The van der Waals surface area contributed by atoms with Gasteiger partial charge in [-0.15, -0.1) is 0 Å². The van der Waals surface area contributed by atoms with Gasteiger partial charge in [0.25, 0.3) is 0 Å². The van der Waals surface area contributed by atoms with E-state index in [2.05, 4.69) is 35.4 Å². The summed E-state index contributed by atoms with van der Waals surface area (Å²) in [4.78, 5) is 4.59. The molecule has 0 saturated heterocycles. The highest BCUT2D eigenvalue weighted by Crippen LogP contribution is 2.26. The predicted octanol–water partition coefficient (Wildman–Crippen LogP) is 2.70. The van der Waals surface area contributed by atoms with Gasteiger partial charge in [0, 0.05) is 24.8 Å². The van der Waals surface area contributed by atoms with Crippen molar-refractivity contribution in [1.29, 1.82) is 0 Å². The maximum absolute atomic E-state index is 6.23. The van der Waals surface area contributed by atoms with E-state index in [1.165, 1.54) is 0 Å². The van der Waals surface area contributed by atoms with E-state index in [4.69, 9.17) is 5.73 Å². The fourth-order valence-electron chi connectivity index (χ4n) is 2.23. The lowest BCUT2D eigenvalue weighted by Gasteiger charge is -2.10. The molecular formula is C14H23N5. The monoisotopic (exact) mass is 261 g/mol. The minimum Gasteiger partial charge on any atom is -0.383 e. The van der Waals surface area contributed by atoms with E-state index >= 15 is 0 Å². The smallest absolute Gasteiger partial charge is 0.131 e. The Labute approximate surface area is 114 Å². The normalized spacial score (nSPS) is 11.4. The molecule has 0 saturated carbocycles. The minimum absolute atomic E-state index is 0.547. The second kappa shape index (κ2) is 5.47. The fraction of sp³-hybridized carbons (Fsp3) is 0.571. The maximum atomic E-state index is 6.23. The first-order chi connectivity index (χ1) is 9.02. The summed E-state index contributed by atoms with van der Waals surface area (Å²) in [6, 6.07) is 0. The van der Waals surface area contributed by atoms with Crippen LogP contribution in [0.2, 0.25) is 0 Å². The zero-order chi connectivity index (χ0) is 14.0. The molecule has 5 heteroatoms. The van der Waals surface area contributed by atoms with E-state index in [1.54, 1.807) is 0 Å². The summed E-state index contributed by atoms with van der Waals surface area (Å²) in [7, 11) is 0. The molecule has 2 aromatic rings. The third-order valence-corrected chi connectivity index (χ3v) is 3.10. The number of nitrogen functional groups attached to an aromatic ring is 1. The van der Waals surface area contributed by atoms with Crippen molar-refractivity contribution in [2.24, 2.45) is 5.92 Å². The van der Waals surface area contributed by atoms with Gasteiger partial charge in [-0.2, -0.15) is 5.10 Å². The zero-order valence-electron chi connectivity index (χ0n) is 12.2. The topological polar surface area (TPSA) is 61.7 Å². The fourth-order valence-corrected chi connectivity index (χ4v) is 2.23. The summed E-state index contributed by atoms with van der Waals surface area (Å²) in [5.41, 5.74) is 8.08. The molecule has 104 valence electrons. The summed E-state index contributed by atoms with van der Waals surface area (Å²) in [5, 5.41) is 4.34. The van der Waals surface area contributed by atoms with Gasteiger partial charge in [0.05, 0.1) is 6.20 Å². The Balaban J connectivity index is 2.34. The van der Waals surface area contributed by atoms with Crippen LogP contribution in [0, 0.1) is 12.8 Å². The van der Waals surface area contributed by atoms with E-state index in [-0.39, 0.29) is 0 Å². The number of imidazole rings is 1. The lowest BCUT2D eigenvalue weighted by Crippen LogP contribution is -2.09. The average molecular weight is 261 g/mol. The summed E-state index contributed by atoms with van der Waals surface area (Å²) in [5.74, 6) is 2.25. The first-order valence-corrected chi connectivity index (χ1v) is 6.88. The third-order valence-electron chi connectivity index (χ3n) is 3.10. The summed E-state index contributed by atoms with van der Waals surface area (Å²) < 4.78 is 4.02. The maximum Gasteiger partial charge on any atom is 0.131 e. The molecule has 2 N–H and O–H groups in total. The van der Waals surface area contributed by atoms with Crippen LogP contribution in [-0.2, 0) is 13.1 Å². The summed E-state index contributed by atoms with van der Waals surface area (Å²) in [6.07, 6.45) is 4.92. The van der Waals surface area contributed by atoms with E-state index < -0.39 is 0 Å². The molecule has 0 aliphatic heterocycles. The predicted molar refractivity (Wildman–Crippen MR) is 77.7 cm³/mol. The average Bonchev–Trinajstić information content (AvgIpc) is 2.89. The molecule has 0 aromatic carbocycles. The largest absolute Gasteiger partial charge is 0.383 e. The first kappa shape index (κ1) is 13.6. The van der Waals surface area contributed by atoms with Crippen molar-refractivity contribution in [3.8, 4) is 11.3 Å². The number of nitrogens with two attached hydrogens (primary N) is 1. The van der Waals surface area contributed by atoms with E-state index in [0.717, 1.165) is 42.4 Å². The van der Waals surface area contributed by atoms with Crippen LogP contribution in [-0.4, -0.2) is 19.3 Å². The third kappa shape index (κ3) is 2.80. The Hall–Kier alpha value is -1.78. The Morgan fingerprint density at radius 3 is 2.74 bits per heavy atom. The van der Waals surface area contributed by atoms with Gasteiger partial charge in [-0.25, -0.2) is 4.98 Å². The van der Waals surface area contributed by atoms with Gasteiger partial charge in [-0.05, 0) is 19.3 Å². The van der Waals surface area contributed by atoms with Crippen LogP contribution in [0.25, 0.3) is 11.3 Å². The van der Waals surface area contributed by atoms with Gasteiger partial charge in [-0.1, -0.05) is 20.8 Å². The van der Waals surface area contributed by atoms with Crippen LogP contribution in [0.4, 0.5) is 5.82 Å². The van der Waals surface area contributed by atoms with E-state index in [1.807, 2.05) is 24.0 Å². The first-order valence-electron chi connectivity index (χ1n) is 6.88. The number of hydrogen-bond acceptors (Lipinski definition) is 3. The molecule has 0 radical (unpaired) electrons. The second-order valence-electron chi connectivity index (χ2n) is 5.39. The molecule has 2 rings (SSSR count). The zero-order valence-corrected chi connectivity index (χ0v) is 12.2. The molecule has 2 aromatic heterocycles. The Bertz CT molecular complexity index is 550. The minimum atomic E-state index is 0.547. The molecule has 0 aliphatic rings. The molecular weight excluding hydrogens is 238 g/mol. The number of anilines is 1. The molecule has 19 heavy (non-hydrogen) atoms. The highest BCUT2D eigenvalue weighted by molar-refractivity contribution is 5.69. The van der Waals surface area contributed by atoms with Gasteiger partial charge in [0.2, 0.25) is 0 Å². The molecule has 0 aliphatic carbocycles. The van der Waals surface area contributed by atoms with Crippen molar-refractivity contribution in [2.75, 3.05) is 5.73 Å². The van der Waals surface area contributed by atoms with Crippen molar-refractivity contribution in [2.45, 2.75) is 47.2 Å². The summed E-state index contributed by atoms with van der Waals surface area (Å²) in [6.45, 7) is 10.3. The number of aromatic nitrogens is 4. The van der Waals surface area contributed by atoms with Crippen molar-refractivity contribution in [1.82, 2.24) is 19.3 Å². The lowest BCUT2D eigenvalue weighted by molar-refractivity contribution is 0.518. The molecule has 2 heterocycles. The van der Waals surface area contributed by atoms with Crippen LogP contribution in [0.1, 0.15) is 33.0 Å². The van der Waals surface area contributed by atoms with E-state index in [0.29, 0.717) is 5.92 Å². The molecule has 5 nitrogen and oxygen atoms in total. The highest BCUT2D eigenvalue weighted by atomic mass is 15.3. The standard InChI is InChI=1S/C14H23N5/c1-5-6-18-9-12(7-16-18)13-14(15)19(8-10(2)3)11(4)17-13/h7,9-10H,5-6,8,15H2,1-4H3. The number of aryl methyl sites for hydroxylation is 2. The molecule has 0 bridgehead atoms. The van der Waals surface area contributed by atoms with Crippen molar-refractivity contribution >= 4 is 5.82 Å². The Kier molecular flexibility index (Phi) is 3.93. The molecule has 0 atom stereocenters. The highest BCUT2D eigenvalue weighted by Gasteiger charge is 2.15. The van der Waals surface area contributed by atoms with Crippen LogP contribution < -0.4 is 5.73 Å².